The molecule has 1 aromatic heterocycles. The predicted octanol–water partition coefficient (Wildman–Crippen LogP) is 2.15. The van der Waals surface area contributed by atoms with Crippen molar-refractivity contribution in [2.45, 2.75) is 39.0 Å². The molecule has 1 saturated carbocycles. The fraction of sp³-hybridized carbons (Fsp3) is 0.533. The van der Waals surface area contributed by atoms with Crippen LogP contribution >= 0.6 is 0 Å². The van der Waals surface area contributed by atoms with Gasteiger partial charge in [0.1, 0.15) is 5.69 Å². The van der Waals surface area contributed by atoms with Crippen LogP contribution in [0.2, 0.25) is 0 Å². The van der Waals surface area contributed by atoms with E-state index in [1.807, 2.05) is 13.0 Å². The summed E-state index contributed by atoms with van der Waals surface area (Å²) in [5.74, 6) is -1.12. The third kappa shape index (κ3) is 3.15. The van der Waals surface area contributed by atoms with E-state index in [1.165, 1.54) is 0 Å². The lowest BCUT2D eigenvalue weighted by Gasteiger charge is -2.33. The van der Waals surface area contributed by atoms with Gasteiger partial charge in [0.2, 0.25) is 0 Å². The number of carboxylic acids is 1. The number of aryl methyl sites for hydroxylation is 1. The zero-order valence-electron chi connectivity index (χ0n) is 11.7. The van der Waals surface area contributed by atoms with E-state index in [0.29, 0.717) is 18.5 Å². The third-order valence-corrected chi connectivity index (χ3v) is 3.97. The largest absolute Gasteiger partial charge is 0.481 e. The van der Waals surface area contributed by atoms with Gasteiger partial charge in [-0.2, -0.15) is 0 Å². The van der Waals surface area contributed by atoms with Crippen molar-refractivity contribution < 1.29 is 14.7 Å². The van der Waals surface area contributed by atoms with E-state index in [0.717, 1.165) is 25.0 Å². The number of pyridine rings is 1. The van der Waals surface area contributed by atoms with Gasteiger partial charge in [0.15, 0.2) is 0 Å². The van der Waals surface area contributed by atoms with Gasteiger partial charge in [0.05, 0.1) is 5.41 Å². The minimum atomic E-state index is -0.810. The summed E-state index contributed by atoms with van der Waals surface area (Å²) in [7, 11) is 0. The van der Waals surface area contributed by atoms with Gasteiger partial charge in [-0.05, 0) is 31.9 Å². The number of carbonyl (C=O) groups is 2. The number of carbonyl (C=O) groups excluding carboxylic acids is 1. The van der Waals surface area contributed by atoms with Gasteiger partial charge < -0.3 is 10.4 Å². The second-order valence-electron chi connectivity index (χ2n) is 5.49. The van der Waals surface area contributed by atoms with Gasteiger partial charge in [-0.1, -0.05) is 25.3 Å². The lowest BCUT2D eigenvalue weighted by atomic mass is 9.74. The van der Waals surface area contributed by atoms with Gasteiger partial charge in [-0.25, -0.2) is 4.98 Å². The van der Waals surface area contributed by atoms with Crippen LogP contribution in [0.15, 0.2) is 18.2 Å². The van der Waals surface area contributed by atoms with E-state index < -0.39 is 11.4 Å². The summed E-state index contributed by atoms with van der Waals surface area (Å²) in [5, 5.41) is 12.2. The molecule has 1 fully saturated rings. The Morgan fingerprint density at radius 3 is 2.60 bits per heavy atom. The highest BCUT2D eigenvalue weighted by molar-refractivity contribution is 5.92. The third-order valence-electron chi connectivity index (χ3n) is 3.97. The van der Waals surface area contributed by atoms with Crippen molar-refractivity contribution in [2.75, 3.05) is 6.54 Å². The second kappa shape index (κ2) is 6.03. The molecule has 108 valence electrons. The molecule has 1 aliphatic carbocycles. The molecule has 0 atom stereocenters. The molecule has 1 heterocycles. The molecule has 0 saturated heterocycles. The van der Waals surface area contributed by atoms with Crippen LogP contribution in [0.25, 0.3) is 0 Å². The zero-order chi connectivity index (χ0) is 14.6. The van der Waals surface area contributed by atoms with Crippen molar-refractivity contribution in [3.8, 4) is 0 Å². The van der Waals surface area contributed by atoms with E-state index >= 15 is 0 Å². The zero-order valence-corrected chi connectivity index (χ0v) is 11.7. The first-order chi connectivity index (χ1) is 9.53. The highest BCUT2D eigenvalue weighted by Crippen LogP contribution is 2.36. The molecule has 0 unspecified atom stereocenters. The number of aromatic nitrogens is 1. The minimum absolute atomic E-state index is 0.177. The number of amides is 1. The summed E-state index contributed by atoms with van der Waals surface area (Å²) in [5.41, 5.74) is 0.294. The maximum absolute atomic E-state index is 12.0. The average molecular weight is 276 g/mol. The second-order valence-corrected chi connectivity index (χ2v) is 5.49. The van der Waals surface area contributed by atoms with Gasteiger partial charge in [0.25, 0.3) is 5.91 Å². The highest BCUT2D eigenvalue weighted by atomic mass is 16.4. The van der Waals surface area contributed by atoms with E-state index in [4.69, 9.17) is 0 Å². The summed E-state index contributed by atoms with van der Waals surface area (Å²) in [6, 6.07) is 5.22. The Balaban J connectivity index is 2.02. The summed E-state index contributed by atoms with van der Waals surface area (Å²) in [6.45, 7) is 1.99. The quantitative estimate of drug-likeness (QED) is 0.883. The normalized spacial score (nSPS) is 17.4. The number of aliphatic carboxylic acids is 1. The maximum atomic E-state index is 12.0. The molecule has 1 amide bonds. The molecular weight excluding hydrogens is 256 g/mol. The molecule has 5 heteroatoms. The topological polar surface area (TPSA) is 79.3 Å². The summed E-state index contributed by atoms with van der Waals surface area (Å²) in [4.78, 5) is 27.7. The van der Waals surface area contributed by atoms with Crippen LogP contribution in [-0.2, 0) is 4.79 Å². The van der Waals surface area contributed by atoms with Gasteiger partial charge in [-0.15, -0.1) is 0 Å². The molecule has 0 aromatic carbocycles. The minimum Gasteiger partial charge on any atom is -0.481 e. The molecule has 2 N–H and O–H groups in total. The van der Waals surface area contributed by atoms with Gasteiger partial charge in [-0.3, -0.25) is 9.59 Å². The fourth-order valence-corrected chi connectivity index (χ4v) is 2.70. The fourth-order valence-electron chi connectivity index (χ4n) is 2.70. The SMILES string of the molecule is Cc1cccc(C(=O)NCC2(C(=O)O)CCCCC2)n1. The van der Waals surface area contributed by atoms with Crippen LogP contribution in [0, 0.1) is 12.3 Å². The Morgan fingerprint density at radius 2 is 2.00 bits per heavy atom. The van der Waals surface area contributed by atoms with Crippen LogP contribution < -0.4 is 5.32 Å². The summed E-state index contributed by atoms with van der Waals surface area (Å²) < 4.78 is 0. The standard InChI is InChI=1S/C15H20N2O3/c1-11-6-5-7-12(17-11)13(18)16-10-15(14(19)20)8-3-2-4-9-15/h5-7H,2-4,8-10H2,1H3,(H,16,18)(H,19,20). The predicted molar refractivity (Wildman–Crippen MR) is 74.5 cm³/mol. The maximum Gasteiger partial charge on any atom is 0.311 e. The van der Waals surface area contributed by atoms with Gasteiger partial charge in [0, 0.05) is 12.2 Å². The summed E-state index contributed by atoms with van der Waals surface area (Å²) >= 11 is 0. The number of hydrogen-bond acceptors (Lipinski definition) is 3. The molecule has 0 aliphatic heterocycles. The number of carboxylic acid groups (broad SMARTS) is 1. The van der Waals surface area contributed by atoms with Crippen molar-refractivity contribution in [3.63, 3.8) is 0 Å². The Hall–Kier alpha value is -1.91. The molecule has 2 rings (SSSR count). The number of nitrogens with zero attached hydrogens (tertiary/aromatic N) is 1. The van der Waals surface area contributed by atoms with E-state index in [9.17, 15) is 14.7 Å². The molecule has 0 radical (unpaired) electrons. The van der Waals surface area contributed by atoms with Crippen LogP contribution in [0.5, 0.6) is 0 Å². The molecular formula is C15H20N2O3. The van der Waals surface area contributed by atoms with E-state index in [-0.39, 0.29) is 12.5 Å². The van der Waals surface area contributed by atoms with Crippen LogP contribution in [0.1, 0.15) is 48.3 Å². The lowest BCUT2D eigenvalue weighted by Crippen LogP contribution is -2.44. The van der Waals surface area contributed by atoms with E-state index in [1.54, 1.807) is 12.1 Å². The number of rotatable bonds is 4. The van der Waals surface area contributed by atoms with Crippen LogP contribution in [0.4, 0.5) is 0 Å². The number of hydrogen-bond donors (Lipinski definition) is 2. The Morgan fingerprint density at radius 1 is 1.30 bits per heavy atom. The molecule has 5 nitrogen and oxygen atoms in total. The molecule has 0 bridgehead atoms. The van der Waals surface area contributed by atoms with E-state index in [2.05, 4.69) is 10.3 Å². The Bertz CT molecular complexity index is 508. The molecule has 1 aliphatic rings. The van der Waals surface area contributed by atoms with Crippen LogP contribution in [0.3, 0.4) is 0 Å². The Labute approximate surface area is 118 Å². The first kappa shape index (κ1) is 14.5. The van der Waals surface area contributed by atoms with Crippen molar-refractivity contribution in [3.05, 3.63) is 29.6 Å². The van der Waals surface area contributed by atoms with Crippen molar-refractivity contribution in [1.29, 1.82) is 0 Å². The first-order valence-electron chi connectivity index (χ1n) is 6.99. The number of nitrogens with one attached hydrogen (secondary N) is 1. The lowest BCUT2D eigenvalue weighted by molar-refractivity contribution is -0.150. The average Bonchev–Trinajstić information content (AvgIpc) is 2.45. The van der Waals surface area contributed by atoms with Crippen molar-refractivity contribution in [2.24, 2.45) is 5.41 Å². The molecule has 0 spiro atoms. The molecule has 1 aromatic rings. The van der Waals surface area contributed by atoms with Crippen LogP contribution in [-0.4, -0.2) is 28.5 Å². The summed E-state index contributed by atoms with van der Waals surface area (Å²) in [6.07, 6.45) is 4.14. The smallest absolute Gasteiger partial charge is 0.311 e. The first-order valence-corrected chi connectivity index (χ1v) is 6.99. The van der Waals surface area contributed by atoms with Crippen molar-refractivity contribution >= 4 is 11.9 Å². The molecule has 20 heavy (non-hydrogen) atoms. The Kier molecular flexibility index (Phi) is 4.37. The highest BCUT2D eigenvalue weighted by Gasteiger charge is 2.39. The van der Waals surface area contributed by atoms with Crippen molar-refractivity contribution in [1.82, 2.24) is 10.3 Å². The van der Waals surface area contributed by atoms with Gasteiger partial charge >= 0.3 is 5.97 Å². The monoisotopic (exact) mass is 276 g/mol.